The molecule has 23 heavy (non-hydrogen) atoms. The number of hydrogen-bond donors (Lipinski definition) is 2. The number of nitrogens with zero attached hydrogens (tertiary/aromatic N) is 1. The topological polar surface area (TPSA) is 71.5 Å². The van der Waals surface area contributed by atoms with E-state index in [1.807, 2.05) is 0 Å². The summed E-state index contributed by atoms with van der Waals surface area (Å²) < 4.78 is 18.9. The molecule has 0 aliphatic heterocycles. The first-order valence-electron chi connectivity index (χ1n) is 6.76. The van der Waals surface area contributed by atoms with E-state index in [-0.39, 0.29) is 12.5 Å². The summed E-state index contributed by atoms with van der Waals surface area (Å²) in [6.07, 6.45) is 0. The minimum Gasteiger partial charge on any atom is -0.494 e. The number of anilines is 1. The van der Waals surface area contributed by atoms with Gasteiger partial charge in [0.2, 0.25) is 0 Å². The van der Waals surface area contributed by atoms with Gasteiger partial charge < -0.3 is 9.84 Å². The summed E-state index contributed by atoms with van der Waals surface area (Å²) in [6.45, 7) is -0.131. The van der Waals surface area contributed by atoms with Gasteiger partial charge in [-0.1, -0.05) is 17.4 Å². The van der Waals surface area contributed by atoms with E-state index in [0.29, 0.717) is 27.5 Å². The summed E-state index contributed by atoms with van der Waals surface area (Å²) >= 11 is 1.25. The molecule has 0 saturated heterocycles. The number of aromatic nitrogens is 1. The van der Waals surface area contributed by atoms with Crippen molar-refractivity contribution in [2.24, 2.45) is 0 Å². The van der Waals surface area contributed by atoms with Crippen LogP contribution in [0.25, 0.3) is 10.2 Å². The number of hydrogen-bond acceptors (Lipinski definition) is 5. The average Bonchev–Trinajstić information content (AvgIpc) is 2.97. The van der Waals surface area contributed by atoms with Crippen molar-refractivity contribution in [2.75, 3.05) is 12.4 Å². The minimum atomic E-state index is -0.404. The van der Waals surface area contributed by atoms with Gasteiger partial charge in [-0.2, -0.15) is 0 Å². The molecular formula is C16H13FN2O3S. The fraction of sp³-hybridized carbons (Fsp3) is 0.125. The summed E-state index contributed by atoms with van der Waals surface area (Å²) in [4.78, 5) is 16.5. The largest absolute Gasteiger partial charge is 0.494 e. The van der Waals surface area contributed by atoms with E-state index in [1.54, 1.807) is 12.1 Å². The van der Waals surface area contributed by atoms with Crippen LogP contribution in [0.15, 0.2) is 36.4 Å². The van der Waals surface area contributed by atoms with Gasteiger partial charge in [-0.3, -0.25) is 10.1 Å². The molecule has 3 rings (SSSR count). The lowest BCUT2D eigenvalue weighted by molar-refractivity contribution is 0.102. The van der Waals surface area contributed by atoms with Crippen LogP contribution < -0.4 is 10.1 Å². The SMILES string of the molecule is COc1ccc(CO)c2sc(NC(=O)c3ccc(F)cc3)nc12. The number of thiazole rings is 1. The Bertz CT molecular complexity index is 821. The highest BCUT2D eigenvalue weighted by Gasteiger charge is 2.15. The molecule has 0 bridgehead atoms. The predicted molar refractivity (Wildman–Crippen MR) is 86.4 cm³/mol. The molecule has 1 heterocycles. The molecule has 0 radical (unpaired) electrons. The molecule has 0 unspecified atom stereocenters. The van der Waals surface area contributed by atoms with E-state index in [9.17, 15) is 14.3 Å². The Morgan fingerprint density at radius 3 is 2.70 bits per heavy atom. The zero-order valence-corrected chi connectivity index (χ0v) is 13.0. The Kier molecular flexibility index (Phi) is 4.22. The maximum atomic E-state index is 12.9. The lowest BCUT2D eigenvalue weighted by Crippen LogP contribution is -2.11. The number of amides is 1. The van der Waals surface area contributed by atoms with Crippen LogP contribution in [0.4, 0.5) is 9.52 Å². The normalized spacial score (nSPS) is 10.7. The van der Waals surface area contributed by atoms with Gasteiger partial charge in [-0.05, 0) is 35.9 Å². The van der Waals surface area contributed by atoms with Crippen molar-refractivity contribution in [2.45, 2.75) is 6.61 Å². The van der Waals surface area contributed by atoms with Gasteiger partial charge in [0.25, 0.3) is 5.91 Å². The Hall–Kier alpha value is -2.51. The monoisotopic (exact) mass is 332 g/mol. The van der Waals surface area contributed by atoms with E-state index >= 15 is 0 Å². The first kappa shape index (κ1) is 15.4. The quantitative estimate of drug-likeness (QED) is 0.770. The summed E-state index contributed by atoms with van der Waals surface area (Å²) in [6, 6.07) is 8.72. The van der Waals surface area contributed by atoms with Gasteiger partial charge in [0.1, 0.15) is 17.1 Å². The van der Waals surface area contributed by atoms with Gasteiger partial charge in [0, 0.05) is 5.56 Å². The molecule has 5 nitrogen and oxygen atoms in total. The van der Waals surface area contributed by atoms with Crippen LogP contribution >= 0.6 is 11.3 Å². The molecule has 1 amide bonds. The summed E-state index contributed by atoms with van der Waals surface area (Å²) in [7, 11) is 1.53. The Morgan fingerprint density at radius 2 is 2.04 bits per heavy atom. The number of aliphatic hydroxyl groups is 1. The summed E-state index contributed by atoms with van der Waals surface area (Å²) in [5.41, 5.74) is 1.62. The van der Waals surface area contributed by atoms with Gasteiger partial charge in [0.15, 0.2) is 5.13 Å². The van der Waals surface area contributed by atoms with E-state index in [0.717, 1.165) is 4.70 Å². The zero-order chi connectivity index (χ0) is 16.4. The van der Waals surface area contributed by atoms with E-state index in [2.05, 4.69) is 10.3 Å². The van der Waals surface area contributed by atoms with Crippen LogP contribution in [0, 0.1) is 5.82 Å². The molecule has 118 valence electrons. The lowest BCUT2D eigenvalue weighted by Gasteiger charge is -2.02. The van der Waals surface area contributed by atoms with Gasteiger partial charge in [0.05, 0.1) is 18.4 Å². The number of aliphatic hydroxyl groups excluding tert-OH is 1. The fourth-order valence-corrected chi connectivity index (χ4v) is 3.13. The van der Waals surface area contributed by atoms with Crippen LogP contribution in [0.3, 0.4) is 0 Å². The molecule has 0 spiro atoms. The van der Waals surface area contributed by atoms with Crippen LogP contribution in [-0.4, -0.2) is 23.1 Å². The number of rotatable bonds is 4. The Morgan fingerprint density at radius 1 is 1.30 bits per heavy atom. The molecule has 0 fully saturated rings. The Balaban J connectivity index is 1.94. The minimum absolute atomic E-state index is 0.131. The highest BCUT2D eigenvalue weighted by Crippen LogP contribution is 2.35. The second kappa shape index (κ2) is 6.31. The molecule has 2 N–H and O–H groups in total. The third-order valence-corrected chi connectivity index (χ3v) is 4.35. The van der Waals surface area contributed by atoms with Crippen molar-refractivity contribution in [1.82, 2.24) is 4.98 Å². The standard InChI is InChI=1S/C16H13FN2O3S/c1-22-12-7-4-10(8-20)14-13(12)18-16(23-14)19-15(21)9-2-5-11(17)6-3-9/h2-7,20H,8H2,1H3,(H,18,19,21). The number of methoxy groups -OCH3 is 1. The first-order valence-corrected chi connectivity index (χ1v) is 7.58. The van der Waals surface area contributed by atoms with Gasteiger partial charge >= 0.3 is 0 Å². The van der Waals surface area contributed by atoms with Crippen molar-refractivity contribution in [3.05, 3.63) is 53.3 Å². The smallest absolute Gasteiger partial charge is 0.257 e. The van der Waals surface area contributed by atoms with Crippen molar-refractivity contribution in [3.63, 3.8) is 0 Å². The average molecular weight is 332 g/mol. The number of fused-ring (bicyclic) bond motifs is 1. The highest BCUT2D eigenvalue weighted by molar-refractivity contribution is 7.22. The summed E-state index contributed by atoms with van der Waals surface area (Å²) in [5, 5.41) is 12.5. The van der Waals surface area contributed by atoms with Crippen LogP contribution in [0.1, 0.15) is 15.9 Å². The van der Waals surface area contributed by atoms with Gasteiger partial charge in [-0.15, -0.1) is 0 Å². The number of benzene rings is 2. The maximum absolute atomic E-state index is 12.9. The van der Waals surface area contributed by atoms with E-state index < -0.39 is 5.82 Å². The lowest BCUT2D eigenvalue weighted by atomic mass is 10.2. The van der Waals surface area contributed by atoms with Gasteiger partial charge in [-0.25, -0.2) is 9.37 Å². The van der Waals surface area contributed by atoms with Crippen LogP contribution in [0.2, 0.25) is 0 Å². The van der Waals surface area contributed by atoms with Crippen LogP contribution in [0.5, 0.6) is 5.75 Å². The number of ether oxygens (including phenoxy) is 1. The maximum Gasteiger partial charge on any atom is 0.257 e. The molecule has 3 aromatic rings. The number of nitrogens with one attached hydrogen (secondary N) is 1. The number of carbonyl (C=O) groups is 1. The molecule has 7 heteroatoms. The van der Waals surface area contributed by atoms with E-state index in [1.165, 1.54) is 42.7 Å². The molecule has 0 aliphatic rings. The van der Waals surface area contributed by atoms with Crippen molar-refractivity contribution in [3.8, 4) is 5.75 Å². The fourth-order valence-electron chi connectivity index (χ4n) is 2.15. The number of carbonyl (C=O) groups excluding carboxylic acids is 1. The van der Waals surface area contributed by atoms with Crippen molar-refractivity contribution >= 4 is 32.6 Å². The third-order valence-electron chi connectivity index (χ3n) is 3.31. The second-order valence-corrected chi connectivity index (χ2v) is 5.74. The van der Waals surface area contributed by atoms with E-state index in [4.69, 9.17) is 4.74 Å². The highest BCUT2D eigenvalue weighted by atomic mass is 32.1. The molecular weight excluding hydrogens is 319 g/mol. The second-order valence-electron chi connectivity index (χ2n) is 4.74. The Labute approximate surface area is 135 Å². The molecule has 1 aromatic heterocycles. The van der Waals surface area contributed by atoms with Crippen molar-refractivity contribution < 1.29 is 19.0 Å². The third kappa shape index (κ3) is 3.01. The molecule has 0 saturated carbocycles. The summed E-state index contributed by atoms with van der Waals surface area (Å²) in [5.74, 6) is -0.219. The zero-order valence-electron chi connectivity index (χ0n) is 12.2. The van der Waals surface area contributed by atoms with Crippen LogP contribution in [-0.2, 0) is 6.61 Å². The number of halogens is 1. The first-order chi connectivity index (χ1) is 11.1. The van der Waals surface area contributed by atoms with Crippen molar-refractivity contribution in [1.29, 1.82) is 0 Å². The molecule has 2 aromatic carbocycles. The molecule has 0 aliphatic carbocycles. The molecule has 0 atom stereocenters. The predicted octanol–water partition coefficient (Wildman–Crippen LogP) is 3.19.